The second-order valence-electron chi connectivity index (χ2n) is 5.03. The zero-order valence-electron chi connectivity index (χ0n) is 10.7. The zero-order valence-corrected chi connectivity index (χ0v) is 10.7. The molecule has 0 saturated heterocycles. The van der Waals surface area contributed by atoms with Gasteiger partial charge in [-0.1, -0.05) is 6.92 Å². The highest BCUT2D eigenvalue weighted by Gasteiger charge is 2.34. The van der Waals surface area contributed by atoms with Gasteiger partial charge in [-0.25, -0.2) is 4.79 Å². The lowest BCUT2D eigenvalue weighted by molar-refractivity contribution is -0.136. The Morgan fingerprint density at radius 3 is 2.75 bits per heavy atom. The van der Waals surface area contributed by atoms with Crippen molar-refractivity contribution in [2.45, 2.75) is 25.4 Å². The van der Waals surface area contributed by atoms with Gasteiger partial charge in [0.2, 0.25) is 0 Å². The van der Waals surface area contributed by atoms with Gasteiger partial charge in [0.1, 0.15) is 5.58 Å². The summed E-state index contributed by atoms with van der Waals surface area (Å²) >= 11 is 0. The van der Waals surface area contributed by atoms with E-state index in [9.17, 15) is 18.0 Å². The summed E-state index contributed by atoms with van der Waals surface area (Å²) in [7, 11) is 0. The van der Waals surface area contributed by atoms with Crippen LogP contribution < -0.4 is 10.9 Å². The van der Waals surface area contributed by atoms with Gasteiger partial charge >= 0.3 is 11.8 Å². The predicted molar refractivity (Wildman–Crippen MR) is 69.0 cm³/mol. The fourth-order valence-electron chi connectivity index (χ4n) is 2.60. The molecule has 3 nitrogen and oxygen atoms in total. The molecule has 1 aromatic carbocycles. The highest BCUT2D eigenvalue weighted by Crippen LogP contribution is 2.39. The third kappa shape index (κ3) is 2.05. The largest absolute Gasteiger partial charge is 0.423 e. The molecule has 1 aromatic heterocycles. The van der Waals surface area contributed by atoms with E-state index in [4.69, 9.17) is 4.42 Å². The van der Waals surface area contributed by atoms with Gasteiger partial charge in [0.25, 0.3) is 0 Å². The molecule has 0 amide bonds. The van der Waals surface area contributed by atoms with Crippen LogP contribution in [0.5, 0.6) is 0 Å². The van der Waals surface area contributed by atoms with E-state index in [0.717, 1.165) is 24.2 Å². The molecule has 1 unspecified atom stereocenters. The number of halogens is 3. The van der Waals surface area contributed by atoms with Crippen LogP contribution >= 0.6 is 0 Å². The Labute approximate surface area is 112 Å². The van der Waals surface area contributed by atoms with Crippen LogP contribution in [0.2, 0.25) is 0 Å². The normalized spacial score (nSPS) is 18.7. The molecular formula is C14H12F3NO2. The average Bonchev–Trinajstić information content (AvgIpc) is 2.35. The molecule has 0 aliphatic carbocycles. The summed E-state index contributed by atoms with van der Waals surface area (Å²) in [4.78, 5) is 11.3. The minimum Gasteiger partial charge on any atom is -0.423 e. The van der Waals surface area contributed by atoms with Crippen LogP contribution in [0, 0.1) is 0 Å². The SMILES string of the molecule is CC1CCNc2cc3oc(=O)cc(C(F)(F)F)c3cc21. The van der Waals surface area contributed by atoms with Crippen molar-refractivity contribution in [3.8, 4) is 0 Å². The first-order chi connectivity index (χ1) is 9.36. The average molecular weight is 283 g/mol. The van der Waals surface area contributed by atoms with Gasteiger partial charge in [-0.3, -0.25) is 0 Å². The molecule has 1 aliphatic rings. The Morgan fingerprint density at radius 2 is 2.05 bits per heavy atom. The monoisotopic (exact) mass is 283 g/mol. The summed E-state index contributed by atoms with van der Waals surface area (Å²) in [6.45, 7) is 2.72. The minimum atomic E-state index is -4.58. The lowest BCUT2D eigenvalue weighted by Gasteiger charge is -2.24. The number of benzene rings is 1. The van der Waals surface area contributed by atoms with Gasteiger partial charge in [0, 0.05) is 29.8 Å². The number of alkyl halides is 3. The first-order valence-corrected chi connectivity index (χ1v) is 6.29. The van der Waals surface area contributed by atoms with Gasteiger partial charge in [-0.05, 0) is 24.0 Å². The number of nitrogens with one attached hydrogen (secondary N) is 1. The van der Waals surface area contributed by atoms with Crippen LogP contribution in [-0.2, 0) is 6.18 Å². The molecule has 1 atom stereocenters. The number of hydrogen-bond acceptors (Lipinski definition) is 3. The summed E-state index contributed by atoms with van der Waals surface area (Å²) in [5.74, 6) is 0.170. The summed E-state index contributed by atoms with van der Waals surface area (Å²) in [5.41, 5.74) is -0.412. The van der Waals surface area contributed by atoms with Crippen molar-refractivity contribution in [3.05, 3.63) is 39.7 Å². The Morgan fingerprint density at radius 1 is 1.30 bits per heavy atom. The standard InChI is InChI=1S/C14H12F3NO2/c1-7-2-3-18-11-6-12-9(4-8(7)11)10(14(15,16)17)5-13(19)20-12/h4-7,18H,2-3H2,1H3. The molecule has 0 spiro atoms. The molecule has 2 aromatic rings. The topological polar surface area (TPSA) is 42.2 Å². The molecule has 106 valence electrons. The fraction of sp³-hybridized carbons (Fsp3) is 0.357. The van der Waals surface area contributed by atoms with Crippen molar-refractivity contribution in [1.82, 2.24) is 0 Å². The molecule has 0 radical (unpaired) electrons. The van der Waals surface area contributed by atoms with Crippen molar-refractivity contribution >= 4 is 16.7 Å². The van der Waals surface area contributed by atoms with Crippen LogP contribution in [-0.4, -0.2) is 6.54 Å². The molecule has 20 heavy (non-hydrogen) atoms. The first-order valence-electron chi connectivity index (χ1n) is 6.29. The number of fused-ring (bicyclic) bond motifs is 2. The Bertz CT molecular complexity index is 734. The molecule has 2 heterocycles. The van der Waals surface area contributed by atoms with E-state index in [-0.39, 0.29) is 16.9 Å². The van der Waals surface area contributed by atoms with Crippen LogP contribution in [0.25, 0.3) is 11.0 Å². The quantitative estimate of drug-likeness (QED) is 0.749. The highest BCUT2D eigenvalue weighted by molar-refractivity contribution is 5.86. The number of anilines is 1. The van der Waals surface area contributed by atoms with Gasteiger partial charge in [0.15, 0.2) is 0 Å². The second-order valence-corrected chi connectivity index (χ2v) is 5.03. The highest BCUT2D eigenvalue weighted by atomic mass is 19.4. The van der Waals surface area contributed by atoms with E-state index in [1.165, 1.54) is 12.1 Å². The maximum atomic E-state index is 13.0. The number of hydrogen-bond donors (Lipinski definition) is 1. The summed E-state index contributed by atoms with van der Waals surface area (Å²) in [6, 6.07) is 3.47. The molecule has 6 heteroatoms. The van der Waals surface area contributed by atoms with Crippen LogP contribution in [0.15, 0.2) is 27.4 Å². The third-order valence-electron chi connectivity index (χ3n) is 3.64. The van der Waals surface area contributed by atoms with E-state index < -0.39 is 17.4 Å². The van der Waals surface area contributed by atoms with Gasteiger partial charge < -0.3 is 9.73 Å². The van der Waals surface area contributed by atoms with Crippen molar-refractivity contribution in [2.75, 3.05) is 11.9 Å². The first kappa shape index (κ1) is 13.0. The maximum absolute atomic E-state index is 13.0. The van der Waals surface area contributed by atoms with Crippen molar-refractivity contribution < 1.29 is 17.6 Å². The van der Waals surface area contributed by atoms with Crippen molar-refractivity contribution in [1.29, 1.82) is 0 Å². The summed E-state index contributed by atoms with van der Waals surface area (Å²) in [5, 5.41) is 3.06. The third-order valence-corrected chi connectivity index (χ3v) is 3.64. The second kappa shape index (κ2) is 4.26. The van der Waals surface area contributed by atoms with E-state index >= 15 is 0 Å². The van der Waals surface area contributed by atoms with E-state index in [1.807, 2.05) is 6.92 Å². The number of rotatable bonds is 0. The Balaban J connectivity index is 2.36. The molecule has 1 N–H and O–H groups in total. The van der Waals surface area contributed by atoms with Crippen molar-refractivity contribution in [3.63, 3.8) is 0 Å². The molecule has 0 saturated carbocycles. The smallest absolute Gasteiger partial charge is 0.417 e. The maximum Gasteiger partial charge on any atom is 0.417 e. The molecule has 0 fully saturated rings. The zero-order chi connectivity index (χ0) is 14.5. The van der Waals surface area contributed by atoms with Gasteiger partial charge in [-0.2, -0.15) is 13.2 Å². The minimum absolute atomic E-state index is 0.0369. The van der Waals surface area contributed by atoms with Gasteiger partial charge in [-0.15, -0.1) is 0 Å². The van der Waals surface area contributed by atoms with E-state index in [0.29, 0.717) is 6.07 Å². The van der Waals surface area contributed by atoms with Crippen LogP contribution in [0.1, 0.15) is 30.4 Å². The predicted octanol–water partition coefficient (Wildman–Crippen LogP) is 3.73. The summed E-state index contributed by atoms with van der Waals surface area (Å²) < 4.78 is 44.0. The van der Waals surface area contributed by atoms with E-state index in [2.05, 4.69) is 5.32 Å². The summed E-state index contributed by atoms with van der Waals surface area (Å²) in [6.07, 6.45) is -3.72. The Hall–Kier alpha value is -1.98. The molecular weight excluding hydrogens is 271 g/mol. The Kier molecular flexibility index (Phi) is 2.77. The fourth-order valence-corrected chi connectivity index (χ4v) is 2.60. The lowest BCUT2D eigenvalue weighted by Crippen LogP contribution is -2.16. The van der Waals surface area contributed by atoms with Gasteiger partial charge in [0.05, 0.1) is 5.56 Å². The molecule has 3 rings (SSSR count). The van der Waals surface area contributed by atoms with E-state index in [1.54, 1.807) is 0 Å². The molecule has 1 aliphatic heterocycles. The molecule has 0 bridgehead atoms. The lowest BCUT2D eigenvalue weighted by atomic mass is 9.91. The van der Waals surface area contributed by atoms with Crippen LogP contribution in [0.4, 0.5) is 18.9 Å². The van der Waals surface area contributed by atoms with Crippen molar-refractivity contribution in [2.24, 2.45) is 0 Å². The van der Waals surface area contributed by atoms with Crippen LogP contribution in [0.3, 0.4) is 0 Å².